The minimum absolute atomic E-state index is 0.326. The lowest BCUT2D eigenvalue weighted by molar-refractivity contribution is 0.0733. The normalized spacial score (nSPS) is 10.6. The van der Waals surface area contributed by atoms with Gasteiger partial charge in [0.25, 0.3) is 5.91 Å². The summed E-state index contributed by atoms with van der Waals surface area (Å²) < 4.78 is 10.5. The highest BCUT2D eigenvalue weighted by atomic mass is 16.5. The molecule has 0 saturated heterocycles. The lowest BCUT2D eigenvalue weighted by Crippen LogP contribution is -2.17. The van der Waals surface area contributed by atoms with E-state index < -0.39 is 5.97 Å². The summed E-state index contributed by atoms with van der Waals surface area (Å²) in [7, 11) is 1.56. The molecule has 1 N–H and O–H groups in total. The van der Waals surface area contributed by atoms with Gasteiger partial charge in [-0.15, -0.1) is 0 Å². The molecule has 0 aromatic heterocycles. The first-order valence-electron chi connectivity index (χ1n) is 8.92. The molecule has 0 fully saturated rings. The highest BCUT2D eigenvalue weighted by molar-refractivity contribution is 5.95. The van der Waals surface area contributed by atoms with Crippen LogP contribution in [0.15, 0.2) is 77.9 Å². The molecule has 0 heterocycles. The van der Waals surface area contributed by atoms with Crippen molar-refractivity contribution in [2.45, 2.75) is 6.92 Å². The Bertz CT molecular complexity index is 1030. The molecular formula is C23H20N2O4. The Hall–Kier alpha value is -3.93. The number of benzene rings is 3. The van der Waals surface area contributed by atoms with E-state index in [2.05, 4.69) is 10.5 Å². The topological polar surface area (TPSA) is 77.0 Å². The first-order chi connectivity index (χ1) is 14.1. The summed E-state index contributed by atoms with van der Waals surface area (Å²) in [6, 6.07) is 20.8. The minimum atomic E-state index is -0.406. The van der Waals surface area contributed by atoms with E-state index in [9.17, 15) is 9.59 Å². The van der Waals surface area contributed by atoms with Crippen LogP contribution in [0.3, 0.4) is 0 Å². The standard InChI is InChI=1S/C23H20N2O4/c1-16-5-3-4-6-21(16)23(27)29-20-11-7-17(8-12-20)15-24-25-22(26)18-9-13-19(28-2)14-10-18/h3-15H,1-2H3,(H,25,26)/b24-15+. The molecule has 3 aromatic carbocycles. The molecule has 0 atom stereocenters. The molecule has 3 aromatic rings. The number of carbonyl (C=O) groups excluding carboxylic acids is 2. The largest absolute Gasteiger partial charge is 0.497 e. The van der Waals surface area contributed by atoms with Crippen LogP contribution in [0.4, 0.5) is 0 Å². The zero-order chi connectivity index (χ0) is 20.6. The van der Waals surface area contributed by atoms with Crippen LogP contribution in [0.25, 0.3) is 0 Å². The number of ether oxygens (including phenoxy) is 2. The van der Waals surface area contributed by atoms with Gasteiger partial charge < -0.3 is 9.47 Å². The van der Waals surface area contributed by atoms with Crippen LogP contribution >= 0.6 is 0 Å². The molecule has 0 radical (unpaired) electrons. The number of hydrogen-bond donors (Lipinski definition) is 1. The SMILES string of the molecule is COc1ccc(C(=O)N/N=C/c2ccc(OC(=O)c3ccccc3C)cc2)cc1. The average molecular weight is 388 g/mol. The second-order valence-electron chi connectivity index (χ2n) is 6.20. The van der Waals surface area contributed by atoms with Crippen LogP contribution in [0.5, 0.6) is 11.5 Å². The highest BCUT2D eigenvalue weighted by Crippen LogP contribution is 2.15. The number of nitrogens with zero attached hydrogens (tertiary/aromatic N) is 1. The summed E-state index contributed by atoms with van der Waals surface area (Å²) in [5, 5.41) is 3.95. The first kappa shape index (κ1) is 19.8. The van der Waals surface area contributed by atoms with E-state index in [1.54, 1.807) is 67.8 Å². The molecule has 0 aliphatic heterocycles. The van der Waals surface area contributed by atoms with Crippen molar-refractivity contribution in [1.82, 2.24) is 5.43 Å². The van der Waals surface area contributed by atoms with Gasteiger partial charge in [-0.05, 0) is 72.6 Å². The molecular weight excluding hydrogens is 368 g/mol. The second-order valence-corrected chi connectivity index (χ2v) is 6.20. The van der Waals surface area contributed by atoms with Crippen LogP contribution in [0, 0.1) is 6.92 Å². The molecule has 1 amide bonds. The third kappa shape index (κ3) is 5.29. The van der Waals surface area contributed by atoms with Crippen molar-refractivity contribution in [2.75, 3.05) is 7.11 Å². The summed E-state index contributed by atoms with van der Waals surface area (Å²) >= 11 is 0. The van der Waals surface area contributed by atoms with E-state index in [0.29, 0.717) is 22.6 Å². The minimum Gasteiger partial charge on any atom is -0.497 e. The number of nitrogens with one attached hydrogen (secondary N) is 1. The number of methoxy groups -OCH3 is 1. The zero-order valence-electron chi connectivity index (χ0n) is 16.1. The lowest BCUT2D eigenvalue weighted by Gasteiger charge is -2.06. The van der Waals surface area contributed by atoms with E-state index in [-0.39, 0.29) is 5.91 Å². The van der Waals surface area contributed by atoms with Crippen LogP contribution in [0.2, 0.25) is 0 Å². The van der Waals surface area contributed by atoms with Crippen molar-refractivity contribution in [1.29, 1.82) is 0 Å². The smallest absolute Gasteiger partial charge is 0.343 e. The maximum Gasteiger partial charge on any atom is 0.343 e. The van der Waals surface area contributed by atoms with Crippen molar-refractivity contribution in [3.8, 4) is 11.5 Å². The van der Waals surface area contributed by atoms with E-state index in [1.807, 2.05) is 19.1 Å². The predicted molar refractivity (Wildman–Crippen MR) is 111 cm³/mol. The van der Waals surface area contributed by atoms with Gasteiger partial charge in [-0.25, -0.2) is 10.2 Å². The number of rotatable bonds is 6. The third-order valence-electron chi connectivity index (χ3n) is 4.19. The highest BCUT2D eigenvalue weighted by Gasteiger charge is 2.10. The number of aryl methyl sites for hydroxylation is 1. The average Bonchev–Trinajstić information content (AvgIpc) is 2.75. The molecule has 6 nitrogen and oxygen atoms in total. The molecule has 0 spiro atoms. The Morgan fingerprint density at radius 3 is 2.21 bits per heavy atom. The predicted octanol–water partition coefficient (Wildman–Crippen LogP) is 3.99. The number of amides is 1. The summed E-state index contributed by atoms with van der Waals surface area (Å²) in [6.07, 6.45) is 1.51. The number of carbonyl (C=O) groups is 2. The molecule has 0 aliphatic carbocycles. The fourth-order valence-corrected chi connectivity index (χ4v) is 2.56. The number of hydrazone groups is 1. The zero-order valence-corrected chi connectivity index (χ0v) is 16.1. The van der Waals surface area contributed by atoms with E-state index in [0.717, 1.165) is 11.1 Å². The van der Waals surface area contributed by atoms with E-state index >= 15 is 0 Å². The van der Waals surface area contributed by atoms with Gasteiger partial charge in [0.05, 0.1) is 18.9 Å². The Kier molecular flexibility index (Phi) is 6.37. The van der Waals surface area contributed by atoms with Crippen molar-refractivity contribution < 1.29 is 19.1 Å². The Morgan fingerprint density at radius 1 is 0.897 bits per heavy atom. The maximum absolute atomic E-state index is 12.2. The summed E-state index contributed by atoms with van der Waals surface area (Å²) in [5.74, 6) is 0.370. The van der Waals surface area contributed by atoms with Crippen molar-refractivity contribution in [3.05, 3.63) is 95.1 Å². The Morgan fingerprint density at radius 2 is 1.55 bits per heavy atom. The Labute approximate surface area is 168 Å². The Balaban J connectivity index is 1.56. The monoisotopic (exact) mass is 388 g/mol. The molecule has 146 valence electrons. The van der Waals surface area contributed by atoms with Gasteiger partial charge in [0, 0.05) is 5.56 Å². The van der Waals surface area contributed by atoms with Gasteiger partial charge in [0.2, 0.25) is 0 Å². The van der Waals surface area contributed by atoms with Gasteiger partial charge >= 0.3 is 5.97 Å². The van der Waals surface area contributed by atoms with Crippen LogP contribution in [-0.4, -0.2) is 25.2 Å². The fourth-order valence-electron chi connectivity index (χ4n) is 2.56. The van der Waals surface area contributed by atoms with Crippen molar-refractivity contribution in [3.63, 3.8) is 0 Å². The van der Waals surface area contributed by atoms with E-state index in [1.165, 1.54) is 6.21 Å². The molecule has 29 heavy (non-hydrogen) atoms. The van der Waals surface area contributed by atoms with Crippen LogP contribution < -0.4 is 14.9 Å². The van der Waals surface area contributed by atoms with Crippen LogP contribution in [-0.2, 0) is 0 Å². The summed E-state index contributed by atoms with van der Waals surface area (Å²) in [5.41, 5.74) is 5.07. The van der Waals surface area contributed by atoms with Gasteiger partial charge in [-0.1, -0.05) is 18.2 Å². The second kappa shape index (κ2) is 9.32. The number of hydrogen-bond acceptors (Lipinski definition) is 5. The number of esters is 1. The third-order valence-corrected chi connectivity index (χ3v) is 4.19. The maximum atomic E-state index is 12.2. The summed E-state index contributed by atoms with van der Waals surface area (Å²) in [6.45, 7) is 1.86. The molecule has 3 rings (SSSR count). The fraction of sp³-hybridized carbons (Fsp3) is 0.0870. The van der Waals surface area contributed by atoms with Gasteiger partial charge in [0.15, 0.2) is 0 Å². The van der Waals surface area contributed by atoms with Crippen molar-refractivity contribution in [2.24, 2.45) is 5.10 Å². The summed E-state index contributed by atoms with van der Waals surface area (Å²) in [4.78, 5) is 24.3. The van der Waals surface area contributed by atoms with Crippen LogP contribution in [0.1, 0.15) is 31.8 Å². The first-order valence-corrected chi connectivity index (χ1v) is 8.92. The van der Waals surface area contributed by atoms with Gasteiger partial charge in [-0.3, -0.25) is 4.79 Å². The van der Waals surface area contributed by atoms with Gasteiger partial charge in [0.1, 0.15) is 11.5 Å². The molecule has 0 bridgehead atoms. The molecule has 0 aliphatic rings. The molecule has 6 heteroatoms. The quantitative estimate of drug-likeness (QED) is 0.300. The van der Waals surface area contributed by atoms with E-state index in [4.69, 9.17) is 9.47 Å². The lowest BCUT2D eigenvalue weighted by atomic mass is 10.1. The van der Waals surface area contributed by atoms with Crippen molar-refractivity contribution >= 4 is 18.1 Å². The van der Waals surface area contributed by atoms with Gasteiger partial charge in [-0.2, -0.15) is 5.10 Å². The molecule has 0 saturated carbocycles. The molecule has 0 unspecified atom stereocenters.